The summed E-state index contributed by atoms with van der Waals surface area (Å²) < 4.78 is 28.9. The first-order chi connectivity index (χ1) is 16.6. The first-order valence-corrected chi connectivity index (χ1v) is 13.2. The third-order valence-corrected chi connectivity index (χ3v) is 8.55. The molecule has 3 aromatic carbocycles. The third-order valence-electron chi connectivity index (χ3n) is 6.30. The summed E-state index contributed by atoms with van der Waals surface area (Å²) >= 11 is 5.97. The molecule has 3 aromatic rings. The van der Waals surface area contributed by atoms with Crippen molar-refractivity contribution in [2.24, 2.45) is 0 Å². The average Bonchev–Trinajstić information content (AvgIpc) is 3.13. The van der Waals surface area contributed by atoms with E-state index >= 15 is 0 Å². The highest BCUT2D eigenvalue weighted by molar-refractivity contribution is 7.89. The molecular weight excluding hydrogens is 484 g/mol. The van der Waals surface area contributed by atoms with E-state index in [1.54, 1.807) is 31.2 Å². The number of hydrogen-bond donors (Lipinski definition) is 0. The molecule has 1 fully saturated rings. The number of amides is 2. The topological polar surface area (TPSA) is 74.8 Å². The fourth-order valence-corrected chi connectivity index (χ4v) is 6.23. The van der Waals surface area contributed by atoms with E-state index in [2.05, 4.69) is 13.8 Å². The summed E-state index contributed by atoms with van der Waals surface area (Å²) in [6.07, 6.45) is -0.241. The third kappa shape index (κ3) is 4.89. The van der Waals surface area contributed by atoms with Crippen LogP contribution in [0, 0.1) is 0 Å². The van der Waals surface area contributed by atoms with E-state index in [0.29, 0.717) is 22.2 Å². The molecule has 0 bridgehead atoms. The number of rotatable bonds is 7. The second-order valence-corrected chi connectivity index (χ2v) is 11.2. The summed E-state index contributed by atoms with van der Waals surface area (Å²) in [5, 5.41) is 0.398. The van der Waals surface area contributed by atoms with Crippen LogP contribution in [0.3, 0.4) is 0 Å². The molecule has 0 aliphatic carbocycles. The standard InChI is InChI=1S/C27H27ClN2O4S/c1-18(2)20-9-13-23(14-10-20)29-26(31)17-25(27(29)32)30(19(3)21-7-5-4-6-8-21)35(33,34)24-15-11-22(28)12-16-24/h4-16,18-19,25H,17H2,1-3H3. The molecule has 0 spiro atoms. The van der Waals surface area contributed by atoms with Crippen LogP contribution in [0.1, 0.15) is 50.3 Å². The lowest BCUT2D eigenvalue weighted by Crippen LogP contribution is -2.46. The highest BCUT2D eigenvalue weighted by Gasteiger charge is 2.48. The Morgan fingerprint density at radius 1 is 0.857 bits per heavy atom. The number of carbonyl (C=O) groups is 2. The number of imide groups is 1. The van der Waals surface area contributed by atoms with Crippen LogP contribution < -0.4 is 4.90 Å². The van der Waals surface area contributed by atoms with Gasteiger partial charge in [0, 0.05) is 11.1 Å². The summed E-state index contributed by atoms with van der Waals surface area (Å²) in [6, 6.07) is 20.2. The minimum absolute atomic E-state index is 0.00432. The second-order valence-electron chi connectivity index (χ2n) is 8.91. The molecule has 2 atom stereocenters. The predicted octanol–water partition coefficient (Wildman–Crippen LogP) is 5.55. The molecule has 2 unspecified atom stereocenters. The molecule has 0 N–H and O–H groups in total. The molecule has 35 heavy (non-hydrogen) atoms. The van der Waals surface area contributed by atoms with Crippen LogP contribution in [0.5, 0.6) is 0 Å². The zero-order chi connectivity index (χ0) is 25.3. The van der Waals surface area contributed by atoms with E-state index in [9.17, 15) is 18.0 Å². The van der Waals surface area contributed by atoms with Crippen molar-refractivity contribution in [1.82, 2.24) is 4.31 Å². The Bertz CT molecular complexity index is 1320. The maximum absolute atomic E-state index is 13.9. The molecule has 0 radical (unpaired) electrons. The number of benzene rings is 3. The summed E-state index contributed by atoms with van der Waals surface area (Å²) in [7, 11) is -4.15. The van der Waals surface area contributed by atoms with Gasteiger partial charge in [0.2, 0.25) is 15.9 Å². The first-order valence-electron chi connectivity index (χ1n) is 11.4. The zero-order valence-corrected chi connectivity index (χ0v) is 21.3. The van der Waals surface area contributed by atoms with Crippen molar-refractivity contribution in [1.29, 1.82) is 0 Å². The van der Waals surface area contributed by atoms with Gasteiger partial charge in [0.05, 0.1) is 17.0 Å². The number of sulfonamides is 1. The Balaban J connectivity index is 1.76. The Hall–Kier alpha value is -3.00. The molecule has 0 saturated carbocycles. The molecule has 1 aliphatic rings. The van der Waals surface area contributed by atoms with Crippen LogP contribution in [0.2, 0.25) is 5.02 Å². The van der Waals surface area contributed by atoms with Crippen LogP contribution in [-0.4, -0.2) is 30.6 Å². The summed E-state index contributed by atoms with van der Waals surface area (Å²) in [4.78, 5) is 27.8. The Morgan fingerprint density at radius 2 is 1.46 bits per heavy atom. The van der Waals surface area contributed by atoms with Crippen molar-refractivity contribution < 1.29 is 18.0 Å². The van der Waals surface area contributed by atoms with Gasteiger partial charge in [-0.2, -0.15) is 4.31 Å². The maximum atomic E-state index is 13.9. The van der Waals surface area contributed by atoms with E-state index in [4.69, 9.17) is 11.6 Å². The van der Waals surface area contributed by atoms with Gasteiger partial charge in [-0.05, 0) is 60.4 Å². The lowest BCUT2D eigenvalue weighted by molar-refractivity contribution is -0.122. The van der Waals surface area contributed by atoms with Gasteiger partial charge in [-0.25, -0.2) is 13.3 Å². The SMILES string of the molecule is CC(C)c1ccc(N2C(=O)CC(N(C(C)c3ccccc3)S(=O)(=O)c3ccc(Cl)cc3)C2=O)cc1. The van der Waals surface area contributed by atoms with Crippen LogP contribution >= 0.6 is 11.6 Å². The maximum Gasteiger partial charge on any atom is 0.252 e. The monoisotopic (exact) mass is 510 g/mol. The lowest BCUT2D eigenvalue weighted by atomic mass is 10.0. The summed E-state index contributed by atoms with van der Waals surface area (Å²) in [5.41, 5.74) is 2.22. The molecule has 6 nitrogen and oxygen atoms in total. The molecule has 1 aliphatic heterocycles. The predicted molar refractivity (Wildman–Crippen MR) is 137 cm³/mol. The van der Waals surface area contributed by atoms with Crippen LogP contribution in [-0.2, 0) is 19.6 Å². The van der Waals surface area contributed by atoms with E-state index in [1.165, 1.54) is 24.3 Å². The second kappa shape index (κ2) is 9.93. The quantitative estimate of drug-likeness (QED) is 0.391. The van der Waals surface area contributed by atoms with Crippen LogP contribution in [0.4, 0.5) is 5.69 Å². The number of carbonyl (C=O) groups excluding carboxylic acids is 2. The largest absolute Gasteiger partial charge is 0.274 e. The van der Waals surface area contributed by atoms with Crippen molar-refractivity contribution >= 4 is 39.1 Å². The van der Waals surface area contributed by atoms with Crippen LogP contribution in [0.15, 0.2) is 83.8 Å². The molecule has 1 heterocycles. The van der Waals surface area contributed by atoms with E-state index < -0.39 is 33.9 Å². The molecule has 8 heteroatoms. The van der Waals surface area contributed by atoms with Gasteiger partial charge >= 0.3 is 0 Å². The van der Waals surface area contributed by atoms with Gasteiger partial charge in [0.25, 0.3) is 5.91 Å². The minimum atomic E-state index is -4.15. The highest BCUT2D eigenvalue weighted by Crippen LogP contribution is 2.36. The zero-order valence-electron chi connectivity index (χ0n) is 19.8. The number of nitrogens with zero attached hydrogens (tertiary/aromatic N) is 2. The van der Waals surface area contributed by atoms with Gasteiger partial charge in [0.15, 0.2) is 0 Å². The Kier molecular flexibility index (Phi) is 7.12. The molecule has 0 aromatic heterocycles. The number of anilines is 1. The Labute approximate surface area is 211 Å². The van der Waals surface area contributed by atoms with Gasteiger partial charge in [-0.15, -0.1) is 0 Å². The Morgan fingerprint density at radius 3 is 2.03 bits per heavy atom. The summed E-state index contributed by atoms with van der Waals surface area (Å²) in [6.45, 7) is 5.84. The average molecular weight is 511 g/mol. The molecule has 1 saturated heterocycles. The van der Waals surface area contributed by atoms with Crippen molar-refractivity contribution in [3.05, 3.63) is 95.0 Å². The van der Waals surface area contributed by atoms with E-state index in [1.807, 2.05) is 30.3 Å². The fraction of sp³-hybridized carbons (Fsp3) is 0.259. The smallest absolute Gasteiger partial charge is 0.252 e. The van der Waals surface area contributed by atoms with Gasteiger partial charge in [-0.3, -0.25) is 9.59 Å². The first kappa shape index (κ1) is 25.1. The van der Waals surface area contributed by atoms with Crippen molar-refractivity contribution in [2.45, 2.75) is 50.1 Å². The van der Waals surface area contributed by atoms with Crippen LogP contribution in [0.25, 0.3) is 0 Å². The van der Waals surface area contributed by atoms with Crippen molar-refractivity contribution in [3.8, 4) is 0 Å². The molecule has 2 amide bonds. The summed E-state index contributed by atoms with van der Waals surface area (Å²) in [5.74, 6) is -0.699. The van der Waals surface area contributed by atoms with Gasteiger partial charge in [-0.1, -0.05) is 67.9 Å². The highest BCUT2D eigenvalue weighted by atomic mass is 35.5. The van der Waals surface area contributed by atoms with Gasteiger partial charge in [0.1, 0.15) is 6.04 Å². The molecule has 4 rings (SSSR count). The normalized spacial score (nSPS) is 17.4. The van der Waals surface area contributed by atoms with Crippen molar-refractivity contribution in [2.75, 3.05) is 4.90 Å². The fourth-order valence-electron chi connectivity index (χ4n) is 4.35. The molecular formula is C27H27ClN2O4S. The number of hydrogen-bond acceptors (Lipinski definition) is 4. The lowest BCUT2D eigenvalue weighted by Gasteiger charge is -2.32. The number of halogens is 1. The molecule has 182 valence electrons. The minimum Gasteiger partial charge on any atom is -0.274 e. The van der Waals surface area contributed by atoms with E-state index in [0.717, 1.165) is 14.8 Å². The van der Waals surface area contributed by atoms with Crippen molar-refractivity contribution in [3.63, 3.8) is 0 Å². The van der Waals surface area contributed by atoms with Gasteiger partial charge < -0.3 is 0 Å². The van der Waals surface area contributed by atoms with E-state index in [-0.39, 0.29) is 11.3 Å².